The summed E-state index contributed by atoms with van der Waals surface area (Å²) >= 11 is 0. The lowest BCUT2D eigenvalue weighted by Gasteiger charge is -2.28. The standard InChI is InChI=1S/C48H90NO8P/c1-6-8-10-12-14-16-18-20-22-23-24-25-27-29-31-33-35-37-39-41-48(51)57-46(45-56-58(52,53)55-43-42-49(3,4)5)44-54-47(50)40-38-36-34-32-30-28-26-21-19-17-15-13-11-9-7-2/h15,17,21,23-24,26,46H,6-14,16,18-20,22,25,27-45H2,1-5H3/b17-15-,24-23-,26-21-/t46-/m1/s1. The van der Waals surface area contributed by atoms with Crippen molar-refractivity contribution in [3.8, 4) is 0 Å². The molecule has 0 aromatic rings. The summed E-state index contributed by atoms with van der Waals surface area (Å²) in [6.45, 7) is 4.19. The van der Waals surface area contributed by atoms with Gasteiger partial charge in [-0.2, -0.15) is 0 Å². The van der Waals surface area contributed by atoms with E-state index >= 15 is 0 Å². The molecule has 0 heterocycles. The molecule has 0 aliphatic carbocycles. The summed E-state index contributed by atoms with van der Waals surface area (Å²) < 4.78 is 33.9. The summed E-state index contributed by atoms with van der Waals surface area (Å²) in [5, 5.41) is 0. The van der Waals surface area contributed by atoms with Gasteiger partial charge in [-0.1, -0.05) is 159 Å². The molecule has 0 aromatic carbocycles. The first-order valence-electron chi connectivity index (χ1n) is 23.7. The van der Waals surface area contributed by atoms with Crippen LogP contribution in [0.5, 0.6) is 0 Å². The highest BCUT2D eigenvalue weighted by atomic mass is 31.2. The van der Waals surface area contributed by atoms with Crippen LogP contribution >= 0.6 is 7.82 Å². The fourth-order valence-corrected chi connectivity index (χ4v) is 7.11. The minimum atomic E-state index is -4.63. The molecule has 0 amide bonds. The molecule has 58 heavy (non-hydrogen) atoms. The van der Waals surface area contributed by atoms with Gasteiger partial charge in [0.15, 0.2) is 6.10 Å². The van der Waals surface area contributed by atoms with E-state index in [1.807, 2.05) is 21.1 Å². The van der Waals surface area contributed by atoms with Gasteiger partial charge in [0.05, 0.1) is 27.7 Å². The van der Waals surface area contributed by atoms with Crippen LogP contribution in [-0.4, -0.2) is 70.0 Å². The second-order valence-electron chi connectivity index (χ2n) is 17.1. The number of nitrogens with zero attached hydrogens (tertiary/aromatic N) is 1. The van der Waals surface area contributed by atoms with Crippen molar-refractivity contribution in [3.63, 3.8) is 0 Å². The van der Waals surface area contributed by atoms with Crippen molar-refractivity contribution >= 4 is 19.8 Å². The Labute approximate surface area is 357 Å². The zero-order valence-corrected chi connectivity index (χ0v) is 39.1. The highest BCUT2D eigenvalue weighted by Gasteiger charge is 2.21. The third-order valence-corrected chi connectivity index (χ3v) is 11.1. The van der Waals surface area contributed by atoms with Crippen molar-refractivity contribution in [2.24, 2.45) is 0 Å². The maximum Gasteiger partial charge on any atom is 0.306 e. The first-order chi connectivity index (χ1) is 28.0. The van der Waals surface area contributed by atoms with Gasteiger partial charge in [0, 0.05) is 12.8 Å². The van der Waals surface area contributed by atoms with Crippen LogP contribution in [0.2, 0.25) is 0 Å². The first-order valence-corrected chi connectivity index (χ1v) is 25.2. The fourth-order valence-electron chi connectivity index (χ4n) is 6.39. The lowest BCUT2D eigenvalue weighted by molar-refractivity contribution is -0.870. The van der Waals surface area contributed by atoms with Crippen molar-refractivity contribution in [2.45, 2.75) is 213 Å². The van der Waals surface area contributed by atoms with E-state index in [-0.39, 0.29) is 26.1 Å². The molecular weight excluding hydrogens is 750 g/mol. The van der Waals surface area contributed by atoms with E-state index in [0.717, 1.165) is 64.2 Å². The normalized spacial score (nSPS) is 13.8. The number of quaternary nitrogens is 1. The number of unbranched alkanes of at least 4 members (excludes halogenated alkanes) is 23. The Morgan fingerprint density at radius 3 is 1.41 bits per heavy atom. The number of rotatable bonds is 43. The molecule has 0 spiro atoms. The van der Waals surface area contributed by atoms with Crippen LogP contribution < -0.4 is 4.89 Å². The van der Waals surface area contributed by atoms with E-state index < -0.39 is 32.5 Å². The third-order valence-electron chi connectivity index (χ3n) is 10.1. The number of allylic oxidation sites excluding steroid dienone is 6. The molecule has 340 valence electrons. The zero-order chi connectivity index (χ0) is 42.8. The van der Waals surface area contributed by atoms with Gasteiger partial charge in [0.25, 0.3) is 7.82 Å². The monoisotopic (exact) mass is 840 g/mol. The van der Waals surface area contributed by atoms with E-state index in [2.05, 4.69) is 50.3 Å². The lowest BCUT2D eigenvalue weighted by atomic mass is 10.1. The Morgan fingerprint density at radius 1 is 0.534 bits per heavy atom. The van der Waals surface area contributed by atoms with Crippen molar-refractivity contribution in [2.75, 3.05) is 47.5 Å². The predicted molar refractivity (Wildman–Crippen MR) is 241 cm³/mol. The van der Waals surface area contributed by atoms with Crippen LogP contribution in [0.25, 0.3) is 0 Å². The molecule has 0 radical (unpaired) electrons. The molecule has 10 heteroatoms. The molecule has 0 aliphatic heterocycles. The van der Waals surface area contributed by atoms with Crippen LogP contribution in [0.15, 0.2) is 36.5 Å². The molecular formula is C48H90NO8P. The van der Waals surface area contributed by atoms with Crippen LogP contribution in [0.4, 0.5) is 0 Å². The highest BCUT2D eigenvalue weighted by molar-refractivity contribution is 7.45. The summed E-state index contributed by atoms with van der Waals surface area (Å²) in [6, 6.07) is 0. The average Bonchev–Trinajstić information content (AvgIpc) is 3.17. The third kappa shape index (κ3) is 43.8. The maximum absolute atomic E-state index is 12.7. The largest absolute Gasteiger partial charge is 0.756 e. The number of hydrogen-bond acceptors (Lipinski definition) is 8. The Morgan fingerprint density at radius 2 is 0.931 bits per heavy atom. The number of phosphoric acid groups is 1. The summed E-state index contributed by atoms with van der Waals surface area (Å²) in [6.07, 6.45) is 45.9. The van der Waals surface area contributed by atoms with Crippen molar-refractivity contribution in [3.05, 3.63) is 36.5 Å². The number of carbonyl (C=O) groups excluding carboxylic acids is 2. The molecule has 0 bridgehead atoms. The minimum Gasteiger partial charge on any atom is -0.756 e. The Balaban J connectivity index is 4.33. The van der Waals surface area contributed by atoms with Crippen LogP contribution in [-0.2, 0) is 32.7 Å². The maximum atomic E-state index is 12.7. The van der Waals surface area contributed by atoms with Gasteiger partial charge in [0.1, 0.15) is 19.8 Å². The topological polar surface area (TPSA) is 111 Å². The SMILES string of the molecule is CCCCC/C=C\C/C=C\CCCCCCCC(=O)OC[C@H](COP(=O)([O-])OCC[N+](C)(C)C)OC(=O)CCCCCCCCC/C=C\CCCCCCCCCC. The zero-order valence-electron chi connectivity index (χ0n) is 38.2. The number of carbonyl (C=O) groups is 2. The molecule has 0 saturated carbocycles. The minimum absolute atomic E-state index is 0.0340. The van der Waals surface area contributed by atoms with E-state index in [1.165, 1.54) is 103 Å². The summed E-state index contributed by atoms with van der Waals surface area (Å²) in [5.41, 5.74) is 0. The number of likely N-dealkylation sites (N-methyl/N-ethyl adjacent to an activating group) is 1. The molecule has 1 unspecified atom stereocenters. The summed E-state index contributed by atoms with van der Waals surface area (Å²) in [5.74, 6) is -0.852. The second kappa shape index (κ2) is 40.6. The van der Waals surface area contributed by atoms with Gasteiger partial charge < -0.3 is 27.9 Å². The van der Waals surface area contributed by atoms with E-state index in [4.69, 9.17) is 18.5 Å². The van der Waals surface area contributed by atoms with Gasteiger partial charge in [-0.15, -0.1) is 0 Å². The van der Waals surface area contributed by atoms with E-state index in [9.17, 15) is 19.0 Å². The Bertz CT molecular complexity index is 1090. The van der Waals surface area contributed by atoms with Crippen molar-refractivity contribution < 1.29 is 42.1 Å². The molecule has 0 saturated heterocycles. The molecule has 0 rings (SSSR count). The van der Waals surface area contributed by atoms with Crippen LogP contribution in [0.3, 0.4) is 0 Å². The molecule has 9 nitrogen and oxygen atoms in total. The number of phosphoric ester groups is 1. The smallest absolute Gasteiger partial charge is 0.306 e. The highest BCUT2D eigenvalue weighted by Crippen LogP contribution is 2.38. The van der Waals surface area contributed by atoms with Gasteiger partial charge >= 0.3 is 11.9 Å². The van der Waals surface area contributed by atoms with Crippen LogP contribution in [0, 0.1) is 0 Å². The predicted octanol–water partition coefficient (Wildman–Crippen LogP) is 13.1. The first kappa shape index (κ1) is 56.2. The molecule has 0 aromatic heterocycles. The lowest BCUT2D eigenvalue weighted by Crippen LogP contribution is -2.37. The number of ether oxygens (including phenoxy) is 2. The number of esters is 2. The molecule has 0 fully saturated rings. The van der Waals surface area contributed by atoms with Gasteiger partial charge in [-0.3, -0.25) is 14.2 Å². The van der Waals surface area contributed by atoms with Crippen molar-refractivity contribution in [1.82, 2.24) is 0 Å². The Hall–Kier alpha value is -1.77. The van der Waals surface area contributed by atoms with E-state index in [0.29, 0.717) is 23.9 Å². The van der Waals surface area contributed by atoms with Gasteiger partial charge in [-0.25, -0.2) is 0 Å². The summed E-state index contributed by atoms with van der Waals surface area (Å²) in [7, 11) is 1.16. The molecule has 0 N–H and O–H groups in total. The average molecular weight is 840 g/mol. The van der Waals surface area contributed by atoms with Crippen LogP contribution in [0.1, 0.15) is 206 Å². The number of hydrogen-bond donors (Lipinski definition) is 0. The van der Waals surface area contributed by atoms with Gasteiger partial charge in [-0.05, 0) is 70.6 Å². The molecule has 2 atom stereocenters. The summed E-state index contributed by atoms with van der Waals surface area (Å²) in [4.78, 5) is 37.6. The fraction of sp³-hybridized carbons (Fsp3) is 0.833. The Kier molecular flexibility index (Phi) is 39.4. The van der Waals surface area contributed by atoms with Gasteiger partial charge in [0.2, 0.25) is 0 Å². The van der Waals surface area contributed by atoms with E-state index in [1.54, 1.807) is 0 Å². The second-order valence-corrected chi connectivity index (χ2v) is 18.5. The molecule has 0 aliphatic rings. The van der Waals surface area contributed by atoms with Crippen molar-refractivity contribution in [1.29, 1.82) is 0 Å². The quantitative estimate of drug-likeness (QED) is 0.0196.